The van der Waals surface area contributed by atoms with Crippen molar-refractivity contribution < 1.29 is 29.3 Å². The number of carbonyl (C=O) groups excluding carboxylic acids is 2. The van der Waals surface area contributed by atoms with Crippen LogP contribution in [0.15, 0.2) is 12.2 Å². The summed E-state index contributed by atoms with van der Waals surface area (Å²) < 4.78 is 4.26. The maximum absolute atomic E-state index is 10.5. The van der Waals surface area contributed by atoms with Crippen LogP contribution in [0.3, 0.4) is 0 Å². The predicted octanol–water partition coefficient (Wildman–Crippen LogP) is 0.494. The van der Waals surface area contributed by atoms with Crippen LogP contribution in [0, 0.1) is 0 Å². The van der Waals surface area contributed by atoms with Gasteiger partial charge in [0, 0.05) is 5.57 Å². The Labute approximate surface area is 93.5 Å². The highest BCUT2D eigenvalue weighted by Crippen LogP contribution is 1.91. The third kappa shape index (κ3) is 14.8. The highest BCUT2D eigenvalue weighted by molar-refractivity contribution is 5.94. The van der Waals surface area contributed by atoms with E-state index < -0.39 is 18.2 Å². The number of hydrogen-bond donors (Lipinski definition) is 2. The predicted molar refractivity (Wildman–Crippen MR) is 55.5 cm³/mol. The molecule has 0 aliphatic rings. The molecule has 0 aromatic heterocycles. The fourth-order valence-corrected chi connectivity index (χ4v) is 0.435. The first-order valence-electron chi connectivity index (χ1n) is 4.42. The van der Waals surface area contributed by atoms with Gasteiger partial charge in [-0.1, -0.05) is 6.58 Å². The number of ketones is 1. The van der Waals surface area contributed by atoms with Crippen LogP contribution in [-0.4, -0.2) is 34.2 Å². The SMILES string of the molecule is C=C(C)C(=O)O.CC(=O)CC(=O)OC(C)O. The van der Waals surface area contributed by atoms with E-state index in [1.165, 1.54) is 20.8 Å². The van der Waals surface area contributed by atoms with Gasteiger partial charge in [-0.3, -0.25) is 9.59 Å². The number of rotatable bonds is 4. The lowest BCUT2D eigenvalue weighted by molar-refractivity contribution is -0.165. The summed E-state index contributed by atoms with van der Waals surface area (Å²) in [7, 11) is 0. The summed E-state index contributed by atoms with van der Waals surface area (Å²) >= 11 is 0. The lowest BCUT2D eigenvalue weighted by Crippen LogP contribution is -2.15. The molecule has 2 N–H and O–H groups in total. The first-order valence-corrected chi connectivity index (χ1v) is 4.42. The second-order valence-corrected chi connectivity index (χ2v) is 3.05. The van der Waals surface area contributed by atoms with E-state index in [0.717, 1.165) is 0 Å². The van der Waals surface area contributed by atoms with Gasteiger partial charge in [0.25, 0.3) is 0 Å². The summed E-state index contributed by atoms with van der Waals surface area (Å²) in [6, 6.07) is 0. The Kier molecular flexibility index (Phi) is 9.00. The van der Waals surface area contributed by atoms with Crippen molar-refractivity contribution in [3.63, 3.8) is 0 Å². The van der Waals surface area contributed by atoms with Gasteiger partial charge in [0.2, 0.25) is 0 Å². The molecule has 16 heavy (non-hydrogen) atoms. The molecular weight excluding hydrogens is 216 g/mol. The number of aliphatic hydroxyl groups excluding tert-OH is 1. The largest absolute Gasteiger partial charge is 0.478 e. The third-order valence-corrected chi connectivity index (χ3v) is 1.06. The smallest absolute Gasteiger partial charge is 0.330 e. The van der Waals surface area contributed by atoms with E-state index in [4.69, 9.17) is 10.2 Å². The first kappa shape index (κ1) is 16.7. The fraction of sp³-hybridized carbons (Fsp3) is 0.500. The topological polar surface area (TPSA) is 101 Å². The first-order chi connectivity index (χ1) is 7.16. The zero-order valence-electron chi connectivity index (χ0n) is 9.52. The van der Waals surface area contributed by atoms with Crippen molar-refractivity contribution >= 4 is 17.7 Å². The van der Waals surface area contributed by atoms with Crippen LogP contribution in [0.25, 0.3) is 0 Å². The molecule has 0 amide bonds. The molecule has 92 valence electrons. The van der Waals surface area contributed by atoms with Crippen molar-refractivity contribution in [1.29, 1.82) is 0 Å². The van der Waals surface area contributed by atoms with Crippen LogP contribution in [0.4, 0.5) is 0 Å². The van der Waals surface area contributed by atoms with Crippen LogP contribution in [0.5, 0.6) is 0 Å². The van der Waals surface area contributed by atoms with Crippen LogP contribution < -0.4 is 0 Å². The molecule has 0 rings (SSSR count). The molecule has 0 spiro atoms. The van der Waals surface area contributed by atoms with Gasteiger partial charge in [-0.05, 0) is 20.8 Å². The average Bonchev–Trinajstić information content (AvgIpc) is 2.00. The van der Waals surface area contributed by atoms with Gasteiger partial charge in [-0.25, -0.2) is 4.79 Å². The highest BCUT2D eigenvalue weighted by atomic mass is 16.6. The molecule has 1 atom stereocenters. The van der Waals surface area contributed by atoms with E-state index in [0.29, 0.717) is 0 Å². The fourth-order valence-electron chi connectivity index (χ4n) is 0.435. The maximum atomic E-state index is 10.5. The number of esters is 1. The Morgan fingerprint density at radius 2 is 1.69 bits per heavy atom. The molecule has 0 saturated heterocycles. The third-order valence-electron chi connectivity index (χ3n) is 1.06. The van der Waals surface area contributed by atoms with E-state index in [-0.39, 0.29) is 17.8 Å². The second kappa shape index (κ2) is 8.60. The van der Waals surface area contributed by atoms with Crippen LogP contribution in [-0.2, 0) is 19.1 Å². The van der Waals surface area contributed by atoms with Gasteiger partial charge < -0.3 is 14.9 Å². The van der Waals surface area contributed by atoms with Crippen molar-refractivity contribution in [2.75, 3.05) is 0 Å². The van der Waals surface area contributed by atoms with E-state index >= 15 is 0 Å². The normalized spacial score (nSPS) is 10.5. The molecular formula is C10H16O6. The van der Waals surface area contributed by atoms with Gasteiger partial charge in [0.15, 0.2) is 6.29 Å². The average molecular weight is 232 g/mol. The highest BCUT2D eigenvalue weighted by Gasteiger charge is 2.07. The molecule has 0 aliphatic carbocycles. The zero-order valence-corrected chi connectivity index (χ0v) is 9.52. The summed E-state index contributed by atoms with van der Waals surface area (Å²) in [5, 5.41) is 16.4. The second-order valence-electron chi connectivity index (χ2n) is 3.05. The molecule has 0 saturated carbocycles. The molecule has 0 bridgehead atoms. The van der Waals surface area contributed by atoms with Crippen molar-refractivity contribution in [2.24, 2.45) is 0 Å². The Morgan fingerprint density at radius 3 is 1.88 bits per heavy atom. The molecule has 0 heterocycles. The number of carboxylic acids is 1. The van der Waals surface area contributed by atoms with E-state index in [1.54, 1.807) is 0 Å². The monoisotopic (exact) mass is 232 g/mol. The Hall–Kier alpha value is -1.69. The van der Waals surface area contributed by atoms with Crippen molar-refractivity contribution in [1.82, 2.24) is 0 Å². The number of Topliss-reactive ketones (excluding diaryl/α,β-unsaturated/α-hetero) is 1. The number of carbonyl (C=O) groups is 3. The number of aliphatic carboxylic acids is 1. The van der Waals surface area contributed by atoms with Gasteiger partial charge in [-0.15, -0.1) is 0 Å². The van der Waals surface area contributed by atoms with Crippen molar-refractivity contribution in [2.45, 2.75) is 33.5 Å². The van der Waals surface area contributed by atoms with Gasteiger partial charge in [0.05, 0.1) is 0 Å². The summed E-state index contributed by atoms with van der Waals surface area (Å²) in [6.07, 6.45) is -1.41. The summed E-state index contributed by atoms with van der Waals surface area (Å²) in [4.78, 5) is 30.3. The Balaban J connectivity index is 0. The van der Waals surface area contributed by atoms with Crippen LogP contribution >= 0.6 is 0 Å². The Bertz CT molecular complexity index is 267. The van der Waals surface area contributed by atoms with Crippen molar-refractivity contribution in [3.05, 3.63) is 12.2 Å². The lowest BCUT2D eigenvalue weighted by atomic mass is 10.3. The van der Waals surface area contributed by atoms with E-state index in [1.807, 2.05) is 0 Å². The van der Waals surface area contributed by atoms with Crippen LogP contribution in [0.1, 0.15) is 27.2 Å². The number of carboxylic acid groups (broad SMARTS) is 1. The molecule has 0 aromatic rings. The maximum Gasteiger partial charge on any atom is 0.330 e. The van der Waals surface area contributed by atoms with Crippen LogP contribution in [0.2, 0.25) is 0 Å². The lowest BCUT2D eigenvalue weighted by Gasteiger charge is -2.04. The summed E-state index contributed by atoms with van der Waals surface area (Å²) in [5.41, 5.74) is 0.176. The van der Waals surface area contributed by atoms with E-state index in [9.17, 15) is 14.4 Å². The minimum atomic E-state index is -1.13. The number of hydrogen-bond acceptors (Lipinski definition) is 5. The molecule has 0 fully saturated rings. The van der Waals surface area contributed by atoms with Gasteiger partial charge in [0.1, 0.15) is 12.2 Å². The van der Waals surface area contributed by atoms with Gasteiger partial charge >= 0.3 is 11.9 Å². The zero-order chi connectivity index (χ0) is 13.3. The molecule has 6 heteroatoms. The minimum absolute atomic E-state index is 0.176. The quantitative estimate of drug-likeness (QED) is 0.316. The van der Waals surface area contributed by atoms with Crippen molar-refractivity contribution in [3.8, 4) is 0 Å². The standard InChI is InChI=1S/C6H10O4.C4H6O2/c1-4(7)3-6(9)10-5(2)8;1-3(2)4(5)6/h5,8H,3H2,1-2H3;1H2,2H3,(H,5,6). The number of aliphatic hydroxyl groups is 1. The summed E-state index contributed by atoms with van der Waals surface area (Å²) in [6.45, 7) is 7.19. The summed E-state index contributed by atoms with van der Waals surface area (Å²) in [5.74, 6) is -1.90. The molecule has 0 aliphatic heterocycles. The van der Waals surface area contributed by atoms with Gasteiger partial charge in [-0.2, -0.15) is 0 Å². The molecule has 6 nitrogen and oxygen atoms in total. The minimum Gasteiger partial charge on any atom is -0.478 e. The van der Waals surface area contributed by atoms with E-state index in [2.05, 4.69) is 11.3 Å². The molecule has 0 aromatic carbocycles. The molecule has 0 radical (unpaired) electrons. The Morgan fingerprint density at radius 1 is 1.31 bits per heavy atom. The number of ether oxygens (including phenoxy) is 1. The molecule has 1 unspecified atom stereocenters.